The standard InChI is InChI=1S/C27H17ClN4O/c28-21-12-8-18(9-13-21)24-17-20-5-4-16-29-25(20)32-26(30-31-27(24)32)19-10-14-23(15-11-19)33-22-6-2-1-3-7-22/h1-17H. The molecule has 0 unspecified atom stereocenters. The number of benzene rings is 3. The number of fused-ring (bicyclic) bond motifs is 3. The van der Waals surface area contributed by atoms with E-state index in [0.717, 1.165) is 50.7 Å². The Labute approximate surface area is 194 Å². The van der Waals surface area contributed by atoms with Gasteiger partial charge in [0.25, 0.3) is 0 Å². The molecule has 0 saturated carbocycles. The Morgan fingerprint density at radius 1 is 0.667 bits per heavy atom. The zero-order valence-corrected chi connectivity index (χ0v) is 18.1. The summed E-state index contributed by atoms with van der Waals surface area (Å²) >= 11 is 6.11. The van der Waals surface area contributed by atoms with Crippen LogP contribution in [0.25, 0.3) is 39.2 Å². The van der Waals surface area contributed by atoms with Crippen molar-refractivity contribution in [3.05, 3.63) is 108 Å². The summed E-state index contributed by atoms with van der Waals surface area (Å²) in [6.45, 7) is 0. The zero-order chi connectivity index (χ0) is 22.2. The zero-order valence-electron chi connectivity index (χ0n) is 17.4. The van der Waals surface area contributed by atoms with Crippen molar-refractivity contribution in [2.45, 2.75) is 0 Å². The molecule has 0 amide bonds. The highest BCUT2D eigenvalue weighted by molar-refractivity contribution is 6.30. The van der Waals surface area contributed by atoms with E-state index in [9.17, 15) is 0 Å². The van der Waals surface area contributed by atoms with E-state index in [1.165, 1.54) is 0 Å². The van der Waals surface area contributed by atoms with Crippen LogP contribution in [0.3, 0.4) is 0 Å². The number of ether oxygens (including phenoxy) is 1. The van der Waals surface area contributed by atoms with Crippen molar-refractivity contribution < 1.29 is 4.74 Å². The van der Waals surface area contributed by atoms with Crippen molar-refractivity contribution in [1.29, 1.82) is 0 Å². The molecule has 3 aromatic heterocycles. The molecule has 0 aliphatic carbocycles. The number of nitrogens with zero attached hydrogens (tertiary/aromatic N) is 4. The third-order valence-electron chi connectivity index (χ3n) is 5.48. The van der Waals surface area contributed by atoms with Gasteiger partial charge < -0.3 is 4.74 Å². The maximum atomic E-state index is 6.11. The summed E-state index contributed by atoms with van der Waals surface area (Å²) in [5, 5.41) is 10.8. The summed E-state index contributed by atoms with van der Waals surface area (Å²) in [5.74, 6) is 2.26. The van der Waals surface area contributed by atoms with E-state index in [0.29, 0.717) is 5.02 Å². The molecule has 33 heavy (non-hydrogen) atoms. The first-order chi connectivity index (χ1) is 16.3. The third-order valence-corrected chi connectivity index (χ3v) is 5.73. The van der Waals surface area contributed by atoms with Crippen LogP contribution in [0.2, 0.25) is 5.02 Å². The Morgan fingerprint density at radius 2 is 1.39 bits per heavy atom. The molecule has 3 heterocycles. The maximum Gasteiger partial charge on any atom is 0.170 e. The second-order valence-corrected chi connectivity index (χ2v) is 8.04. The number of para-hydroxylation sites is 1. The fourth-order valence-electron chi connectivity index (χ4n) is 3.91. The molecule has 0 fully saturated rings. The number of aromatic nitrogens is 4. The lowest BCUT2D eigenvalue weighted by Crippen LogP contribution is -1.97. The molecule has 6 rings (SSSR count). The molecule has 0 aliphatic rings. The Morgan fingerprint density at radius 3 is 2.18 bits per heavy atom. The molecule has 158 valence electrons. The number of rotatable bonds is 4. The van der Waals surface area contributed by atoms with Gasteiger partial charge in [0.15, 0.2) is 11.5 Å². The van der Waals surface area contributed by atoms with Gasteiger partial charge in [-0.25, -0.2) is 4.98 Å². The molecule has 0 N–H and O–H groups in total. The van der Waals surface area contributed by atoms with Gasteiger partial charge in [-0.15, -0.1) is 10.2 Å². The van der Waals surface area contributed by atoms with Gasteiger partial charge in [0.05, 0.1) is 0 Å². The van der Waals surface area contributed by atoms with Gasteiger partial charge in [-0.2, -0.15) is 0 Å². The van der Waals surface area contributed by atoms with E-state index >= 15 is 0 Å². The second kappa shape index (κ2) is 8.04. The van der Waals surface area contributed by atoms with Crippen molar-refractivity contribution >= 4 is 28.3 Å². The van der Waals surface area contributed by atoms with Crippen LogP contribution >= 0.6 is 11.6 Å². The normalized spacial score (nSPS) is 11.2. The average molecular weight is 449 g/mol. The van der Waals surface area contributed by atoms with Crippen molar-refractivity contribution in [3.63, 3.8) is 0 Å². The molecule has 5 nitrogen and oxygen atoms in total. The van der Waals surface area contributed by atoms with Gasteiger partial charge >= 0.3 is 0 Å². The highest BCUT2D eigenvalue weighted by Gasteiger charge is 2.17. The summed E-state index contributed by atoms with van der Waals surface area (Å²) in [6, 6.07) is 31.3. The molecule has 0 bridgehead atoms. The van der Waals surface area contributed by atoms with E-state index in [1.807, 2.05) is 95.4 Å². The van der Waals surface area contributed by atoms with Crippen LogP contribution in [0.1, 0.15) is 0 Å². The quantitative estimate of drug-likeness (QED) is 0.289. The average Bonchev–Trinajstić information content (AvgIpc) is 3.31. The fourth-order valence-corrected chi connectivity index (χ4v) is 4.04. The molecule has 3 aromatic carbocycles. The summed E-state index contributed by atoms with van der Waals surface area (Å²) in [7, 11) is 0. The molecule has 0 saturated heterocycles. The van der Waals surface area contributed by atoms with Crippen molar-refractivity contribution in [1.82, 2.24) is 19.6 Å². The largest absolute Gasteiger partial charge is 0.457 e. The molecule has 0 aliphatic heterocycles. The Bertz CT molecular complexity index is 1580. The van der Waals surface area contributed by atoms with Crippen LogP contribution in [0.5, 0.6) is 11.5 Å². The second-order valence-electron chi connectivity index (χ2n) is 7.60. The first-order valence-corrected chi connectivity index (χ1v) is 10.9. The summed E-state index contributed by atoms with van der Waals surface area (Å²) < 4.78 is 7.94. The lowest BCUT2D eigenvalue weighted by atomic mass is 10.1. The Hall–Kier alpha value is -4.22. The van der Waals surface area contributed by atoms with E-state index in [2.05, 4.69) is 21.2 Å². The molecule has 0 radical (unpaired) electrons. The van der Waals surface area contributed by atoms with Crippen LogP contribution in [-0.4, -0.2) is 19.6 Å². The van der Waals surface area contributed by atoms with Gasteiger partial charge in [0.2, 0.25) is 0 Å². The first-order valence-electron chi connectivity index (χ1n) is 10.5. The minimum absolute atomic E-state index is 0.692. The van der Waals surface area contributed by atoms with E-state index in [1.54, 1.807) is 6.20 Å². The minimum Gasteiger partial charge on any atom is -0.457 e. The number of halogens is 1. The highest BCUT2D eigenvalue weighted by atomic mass is 35.5. The predicted molar refractivity (Wildman–Crippen MR) is 131 cm³/mol. The molecular weight excluding hydrogens is 432 g/mol. The van der Waals surface area contributed by atoms with Crippen LogP contribution in [-0.2, 0) is 0 Å². The molecule has 6 heteroatoms. The van der Waals surface area contributed by atoms with Gasteiger partial charge in [-0.3, -0.25) is 4.40 Å². The molecule has 0 atom stereocenters. The predicted octanol–water partition coefficient (Wildman–Crippen LogP) is 7.06. The van der Waals surface area contributed by atoms with Crippen LogP contribution in [0.4, 0.5) is 0 Å². The van der Waals surface area contributed by atoms with Crippen LogP contribution in [0.15, 0.2) is 103 Å². The van der Waals surface area contributed by atoms with Crippen molar-refractivity contribution in [2.24, 2.45) is 0 Å². The van der Waals surface area contributed by atoms with Crippen molar-refractivity contribution in [3.8, 4) is 34.0 Å². The van der Waals surface area contributed by atoms with Gasteiger partial charge in [-0.1, -0.05) is 41.9 Å². The SMILES string of the molecule is Clc1ccc(-c2cc3cccnc3n3c(-c4ccc(Oc5ccccc5)cc4)nnc23)cc1. The lowest BCUT2D eigenvalue weighted by molar-refractivity contribution is 0.483. The van der Waals surface area contributed by atoms with E-state index < -0.39 is 0 Å². The van der Waals surface area contributed by atoms with Crippen LogP contribution < -0.4 is 4.74 Å². The molecule has 0 spiro atoms. The van der Waals surface area contributed by atoms with Gasteiger partial charge in [-0.05, 0) is 72.3 Å². The van der Waals surface area contributed by atoms with E-state index in [-0.39, 0.29) is 0 Å². The van der Waals surface area contributed by atoms with Crippen LogP contribution in [0, 0.1) is 0 Å². The monoisotopic (exact) mass is 448 g/mol. The Kier molecular flexibility index (Phi) is 4.74. The third kappa shape index (κ3) is 3.58. The Balaban J connectivity index is 1.49. The molecular formula is C27H17ClN4O. The fraction of sp³-hybridized carbons (Fsp3) is 0. The number of hydrogen-bond acceptors (Lipinski definition) is 4. The summed E-state index contributed by atoms with van der Waals surface area (Å²) in [6.07, 6.45) is 1.78. The summed E-state index contributed by atoms with van der Waals surface area (Å²) in [5.41, 5.74) is 4.44. The van der Waals surface area contributed by atoms with Crippen molar-refractivity contribution in [2.75, 3.05) is 0 Å². The topological polar surface area (TPSA) is 52.3 Å². The number of hydrogen-bond donors (Lipinski definition) is 0. The van der Waals surface area contributed by atoms with E-state index in [4.69, 9.17) is 16.3 Å². The summed E-state index contributed by atoms with van der Waals surface area (Å²) in [4.78, 5) is 4.63. The maximum absolute atomic E-state index is 6.11. The smallest absolute Gasteiger partial charge is 0.170 e. The van der Waals surface area contributed by atoms with Gasteiger partial charge in [0, 0.05) is 27.7 Å². The molecule has 6 aromatic rings. The highest BCUT2D eigenvalue weighted by Crippen LogP contribution is 2.32. The minimum atomic E-state index is 0.692. The lowest BCUT2D eigenvalue weighted by Gasteiger charge is -2.10. The van der Waals surface area contributed by atoms with Gasteiger partial charge in [0.1, 0.15) is 17.1 Å². The first kappa shape index (κ1) is 19.5. The number of pyridine rings is 2.